The van der Waals surface area contributed by atoms with Crippen LogP contribution in [0.1, 0.15) is 0 Å². The Hall–Kier alpha value is -6.95. The molecule has 0 radical (unpaired) electrons. The van der Waals surface area contributed by atoms with Gasteiger partial charge in [-0.25, -0.2) is 0 Å². The summed E-state index contributed by atoms with van der Waals surface area (Å²) in [6.45, 7) is 0. The Kier molecular flexibility index (Phi) is 10.1. The van der Waals surface area contributed by atoms with Crippen LogP contribution in [-0.4, -0.2) is 51.9 Å². The van der Waals surface area contributed by atoms with Gasteiger partial charge in [-0.2, -0.15) is 0 Å². The molecule has 13 heteroatoms. The molecule has 6 heterocycles. The first-order chi connectivity index (χ1) is 34.2. The van der Waals surface area contributed by atoms with E-state index in [0.717, 1.165) is 98.1 Å². The summed E-state index contributed by atoms with van der Waals surface area (Å²) in [5.41, 5.74) is 7.79. The van der Waals surface area contributed by atoms with E-state index in [1.54, 1.807) is 47.0 Å². The second-order valence-corrected chi connectivity index (χ2v) is 22.6. The van der Waals surface area contributed by atoms with Crippen LogP contribution in [0, 0.1) is 0 Å². The molecule has 8 aromatic carbocycles. The van der Waals surface area contributed by atoms with Gasteiger partial charge in [-0.05, 0) is 0 Å². The number of aromatic nitrogens is 8. The van der Waals surface area contributed by atoms with Crippen LogP contribution < -0.4 is 0 Å². The van der Waals surface area contributed by atoms with Gasteiger partial charge in [-0.1, -0.05) is 0 Å². The summed E-state index contributed by atoms with van der Waals surface area (Å²) in [6.07, 6.45) is 0. The molecule has 6 N–H and O–H groups in total. The monoisotopic (exact) mass is 977 g/mol. The van der Waals surface area contributed by atoms with Crippen LogP contribution >= 0.6 is 47.0 Å². The fraction of sp³-hybridized carbons (Fsp3) is 0. The molecule has 0 unspecified atom stereocenters. The standard InChI is InChI=1S/C56H38N8S4.Al/c1-5-17-33(18-6-1)65-41-29-13-25-37-45(41)53-57-49(37)62-54-47-39(27-15-31-43(47)67-35-21-9-3-10-22-35)51(59-54)64-56-48-40(28-16-32-44(48)68-36-23-11-4-12-24-36)52(60-56)63-55-46-38(50(58-55)61-53)26-14-30-42(46)66-34-19-7-2-8-20-34;/h1-32,57,60-64H;/q-2;+3. The van der Waals surface area contributed by atoms with Gasteiger partial charge >= 0.3 is 420 Å². The Morgan fingerprint density at radius 3 is 0.913 bits per heavy atom. The molecule has 328 valence electrons. The SMILES string of the molecule is c1ccc(Sc2cccc3c4[nH]c([nH]c5c6cccc(Sc7ccccc7)c6c6[nH]c7[nH]c([nH]c8c9cccc(Sc%10ccccc%10)c9c([nH]4)[n]8[Al+][n]56)c4c(Sc5ccccc5)cccc74)c23)cc1. The molecule has 0 aliphatic heterocycles. The van der Waals surface area contributed by atoms with Crippen LogP contribution in [0.4, 0.5) is 0 Å². The first-order valence-electron chi connectivity index (χ1n) is 22.7. The molecule has 69 heavy (non-hydrogen) atoms. The topological polar surface area (TPSA) is 104 Å². The van der Waals surface area contributed by atoms with Crippen molar-refractivity contribution < 1.29 is 0 Å². The Morgan fingerprint density at radius 2 is 0.565 bits per heavy atom. The third kappa shape index (κ3) is 7.11. The average molecular weight is 978 g/mol. The van der Waals surface area contributed by atoms with Gasteiger partial charge in [0.05, 0.1) is 0 Å². The van der Waals surface area contributed by atoms with Gasteiger partial charge in [-0.15, -0.1) is 0 Å². The molecule has 14 aromatic rings. The molecule has 14 rings (SSSR count). The summed E-state index contributed by atoms with van der Waals surface area (Å²) in [5.74, 6) is 0. The van der Waals surface area contributed by atoms with E-state index in [1.165, 1.54) is 29.4 Å². The van der Waals surface area contributed by atoms with E-state index in [4.69, 9.17) is 0 Å². The Morgan fingerprint density at radius 1 is 0.261 bits per heavy atom. The third-order valence-electron chi connectivity index (χ3n) is 12.7. The van der Waals surface area contributed by atoms with E-state index in [1.807, 2.05) is 0 Å². The number of hydrogen-bond acceptors (Lipinski definition) is 4. The molecule has 0 amide bonds. The van der Waals surface area contributed by atoms with Crippen LogP contribution in [0.2, 0.25) is 0 Å². The number of benzene rings is 8. The number of rotatable bonds is 8. The van der Waals surface area contributed by atoms with E-state index < -0.39 is 15.2 Å². The molecule has 6 bridgehead atoms. The average Bonchev–Trinajstić information content (AvgIpc) is 4.10. The Balaban J connectivity index is 1.22. The fourth-order valence-electron chi connectivity index (χ4n) is 9.68. The summed E-state index contributed by atoms with van der Waals surface area (Å²) < 4.78 is 5.04. The van der Waals surface area contributed by atoms with Gasteiger partial charge < -0.3 is 0 Å². The van der Waals surface area contributed by atoms with Crippen molar-refractivity contribution in [3.63, 3.8) is 0 Å². The minimum absolute atomic E-state index is 0.719. The van der Waals surface area contributed by atoms with Crippen molar-refractivity contribution in [1.82, 2.24) is 36.6 Å². The van der Waals surface area contributed by atoms with E-state index in [2.05, 4.69) is 231 Å². The van der Waals surface area contributed by atoms with Gasteiger partial charge in [-0.3, -0.25) is 0 Å². The summed E-state index contributed by atoms with van der Waals surface area (Å²) in [4.78, 5) is 33.7. The van der Waals surface area contributed by atoms with Crippen molar-refractivity contribution >= 4 is 151 Å². The quantitative estimate of drug-likeness (QED) is 0.0854. The van der Waals surface area contributed by atoms with E-state index in [9.17, 15) is 0 Å². The Bertz CT molecular complexity index is 4100. The molecule has 0 spiro atoms. The molecule has 0 saturated heterocycles. The van der Waals surface area contributed by atoms with Gasteiger partial charge in [0, 0.05) is 0 Å². The van der Waals surface area contributed by atoms with Crippen molar-refractivity contribution in [2.24, 2.45) is 0 Å². The molecule has 8 nitrogen and oxygen atoms in total. The first-order valence-corrected chi connectivity index (χ1v) is 27.0. The number of nitrogens with one attached hydrogen (secondary N) is 6. The molecule has 0 fully saturated rings. The summed E-state index contributed by atoms with van der Waals surface area (Å²) >= 11 is 6.45. The van der Waals surface area contributed by atoms with Gasteiger partial charge in [0.25, 0.3) is 0 Å². The summed E-state index contributed by atoms with van der Waals surface area (Å²) in [7, 11) is 0. The predicted octanol–water partition coefficient (Wildman–Crippen LogP) is 16.1. The van der Waals surface area contributed by atoms with E-state index in [-0.39, 0.29) is 0 Å². The third-order valence-corrected chi connectivity index (χ3v) is 18.4. The van der Waals surface area contributed by atoms with Gasteiger partial charge in [0.1, 0.15) is 0 Å². The molecule has 0 atom stereocenters. The van der Waals surface area contributed by atoms with E-state index >= 15 is 0 Å². The molecule has 0 saturated carbocycles. The van der Waals surface area contributed by atoms with E-state index in [0.29, 0.717) is 0 Å². The first kappa shape index (κ1) is 41.1. The maximum atomic E-state index is 4.11. The van der Waals surface area contributed by atoms with Crippen molar-refractivity contribution in [1.29, 1.82) is 0 Å². The number of hydrogen-bond donors (Lipinski definition) is 6. The van der Waals surface area contributed by atoms with Gasteiger partial charge in [0.2, 0.25) is 0 Å². The number of nitrogens with zero attached hydrogens (tertiary/aromatic N) is 2. The molecular formula is C56H38AlN8S4+. The number of H-pyrrole nitrogens is 6. The van der Waals surface area contributed by atoms with Crippen LogP contribution in [0.15, 0.2) is 233 Å². The maximum absolute atomic E-state index is 4.11. The summed E-state index contributed by atoms with van der Waals surface area (Å²) in [5, 5.41) is 9.01. The normalized spacial score (nSPS) is 11.9. The molecular weight excluding hydrogens is 940 g/mol. The van der Waals surface area contributed by atoms with Gasteiger partial charge in [0.15, 0.2) is 0 Å². The molecule has 0 aliphatic rings. The zero-order chi connectivity index (χ0) is 45.4. The minimum atomic E-state index is -0.719. The second-order valence-electron chi connectivity index (χ2n) is 16.9. The van der Waals surface area contributed by atoms with Crippen molar-refractivity contribution in [3.8, 4) is 0 Å². The fourth-order valence-corrected chi connectivity index (χ4v) is 15.2. The van der Waals surface area contributed by atoms with Crippen molar-refractivity contribution in [3.05, 3.63) is 194 Å². The predicted molar refractivity (Wildman–Crippen MR) is 291 cm³/mol. The summed E-state index contributed by atoms with van der Waals surface area (Å²) in [6, 6.07) is 69.5. The molecule has 0 aliphatic carbocycles. The van der Waals surface area contributed by atoms with Crippen LogP contribution in [-0.2, 0) is 0 Å². The van der Waals surface area contributed by atoms with Crippen LogP contribution in [0.3, 0.4) is 0 Å². The second kappa shape index (κ2) is 16.9. The number of aromatic amines is 6. The van der Waals surface area contributed by atoms with Crippen molar-refractivity contribution in [2.75, 3.05) is 0 Å². The molecule has 6 aromatic heterocycles. The van der Waals surface area contributed by atoms with Crippen LogP contribution in [0.25, 0.3) is 88.3 Å². The van der Waals surface area contributed by atoms with Crippen LogP contribution in [0.5, 0.6) is 0 Å². The zero-order valence-electron chi connectivity index (χ0n) is 36.6. The zero-order valence-corrected chi connectivity index (χ0v) is 41.0. The Labute approximate surface area is 417 Å². The number of fused-ring (bicyclic) bond motifs is 16. The van der Waals surface area contributed by atoms with Crippen molar-refractivity contribution in [2.45, 2.75) is 39.2 Å².